The summed E-state index contributed by atoms with van der Waals surface area (Å²) in [6.07, 6.45) is 1.83. The molecule has 0 fully saturated rings. The van der Waals surface area contributed by atoms with Gasteiger partial charge in [-0.05, 0) is 30.9 Å². The second-order valence-electron chi connectivity index (χ2n) is 4.24. The molecule has 0 aromatic carbocycles. The monoisotopic (exact) mass is 192 g/mol. The third kappa shape index (κ3) is 3.02. The molecule has 14 heavy (non-hydrogen) atoms. The first-order chi connectivity index (χ1) is 6.61. The highest BCUT2D eigenvalue weighted by molar-refractivity contribution is 5.46. The van der Waals surface area contributed by atoms with Crippen LogP contribution in [0.3, 0.4) is 0 Å². The highest BCUT2D eigenvalue weighted by Gasteiger charge is 2.06. The molecular weight excluding hydrogens is 172 g/mol. The number of hydrogen-bond acceptors (Lipinski definition) is 2. The number of nitrogens with zero attached hydrogens (tertiary/aromatic N) is 1. The van der Waals surface area contributed by atoms with E-state index in [4.69, 9.17) is 0 Å². The van der Waals surface area contributed by atoms with Crippen molar-refractivity contribution in [2.45, 2.75) is 27.7 Å². The number of aromatic nitrogens is 1. The van der Waals surface area contributed by atoms with Crippen LogP contribution in [0.15, 0.2) is 18.3 Å². The van der Waals surface area contributed by atoms with Crippen LogP contribution in [-0.4, -0.2) is 11.5 Å². The fourth-order valence-electron chi connectivity index (χ4n) is 1.18. The van der Waals surface area contributed by atoms with Crippen LogP contribution in [-0.2, 0) is 0 Å². The minimum absolute atomic E-state index is 0.689. The summed E-state index contributed by atoms with van der Waals surface area (Å²) < 4.78 is 0. The zero-order chi connectivity index (χ0) is 10.6. The van der Waals surface area contributed by atoms with Gasteiger partial charge in [0.05, 0.1) is 11.4 Å². The van der Waals surface area contributed by atoms with Crippen LogP contribution in [0.4, 0.5) is 5.69 Å². The maximum Gasteiger partial charge on any atom is 0.0603 e. The van der Waals surface area contributed by atoms with E-state index >= 15 is 0 Å². The normalized spacial score (nSPS) is 12.9. The summed E-state index contributed by atoms with van der Waals surface area (Å²) in [5.41, 5.74) is 2.23. The zero-order valence-electron chi connectivity index (χ0n) is 9.54. The molecule has 1 rings (SSSR count). The average molecular weight is 192 g/mol. The number of aryl methyl sites for hydroxylation is 1. The van der Waals surface area contributed by atoms with E-state index in [1.807, 2.05) is 19.2 Å². The Bertz CT molecular complexity index is 281. The molecule has 0 saturated heterocycles. The molecule has 1 heterocycles. The number of anilines is 1. The van der Waals surface area contributed by atoms with Crippen LogP contribution < -0.4 is 5.32 Å². The Hall–Kier alpha value is -1.05. The molecule has 0 amide bonds. The van der Waals surface area contributed by atoms with Gasteiger partial charge in [-0.2, -0.15) is 0 Å². The van der Waals surface area contributed by atoms with E-state index < -0.39 is 0 Å². The van der Waals surface area contributed by atoms with Gasteiger partial charge in [-0.15, -0.1) is 0 Å². The molecule has 1 aromatic rings. The molecule has 2 nitrogen and oxygen atoms in total. The second-order valence-corrected chi connectivity index (χ2v) is 4.24. The maximum atomic E-state index is 4.24. The summed E-state index contributed by atoms with van der Waals surface area (Å²) in [7, 11) is 0. The van der Waals surface area contributed by atoms with Crippen molar-refractivity contribution in [3.8, 4) is 0 Å². The predicted octanol–water partition coefficient (Wildman–Crippen LogP) is 3.09. The fourth-order valence-corrected chi connectivity index (χ4v) is 1.18. The van der Waals surface area contributed by atoms with Crippen LogP contribution in [0.1, 0.15) is 26.5 Å². The van der Waals surface area contributed by atoms with Gasteiger partial charge in [0.2, 0.25) is 0 Å². The van der Waals surface area contributed by atoms with Gasteiger partial charge in [0.15, 0.2) is 0 Å². The van der Waals surface area contributed by atoms with Crippen LogP contribution in [0.25, 0.3) is 0 Å². The van der Waals surface area contributed by atoms with E-state index in [2.05, 4.69) is 37.1 Å². The summed E-state index contributed by atoms with van der Waals surface area (Å²) in [6.45, 7) is 9.82. The van der Waals surface area contributed by atoms with Gasteiger partial charge < -0.3 is 5.32 Å². The van der Waals surface area contributed by atoms with Crippen LogP contribution in [0.2, 0.25) is 0 Å². The first kappa shape index (κ1) is 11.0. The average Bonchev–Trinajstić information content (AvgIpc) is 2.16. The Morgan fingerprint density at radius 3 is 2.64 bits per heavy atom. The minimum Gasteiger partial charge on any atom is -0.383 e. The number of rotatable bonds is 4. The van der Waals surface area contributed by atoms with Crippen molar-refractivity contribution in [1.82, 2.24) is 4.98 Å². The Morgan fingerprint density at radius 2 is 2.07 bits per heavy atom. The van der Waals surface area contributed by atoms with E-state index in [0.717, 1.165) is 23.8 Å². The Kier molecular flexibility index (Phi) is 3.93. The molecule has 0 aliphatic heterocycles. The first-order valence-electron chi connectivity index (χ1n) is 5.26. The van der Waals surface area contributed by atoms with Crippen molar-refractivity contribution in [1.29, 1.82) is 0 Å². The van der Waals surface area contributed by atoms with Crippen LogP contribution in [0.5, 0.6) is 0 Å². The minimum atomic E-state index is 0.689. The van der Waals surface area contributed by atoms with Gasteiger partial charge in [0.25, 0.3) is 0 Å². The Balaban J connectivity index is 2.50. The summed E-state index contributed by atoms with van der Waals surface area (Å²) >= 11 is 0. The summed E-state index contributed by atoms with van der Waals surface area (Å²) in [6, 6.07) is 4.05. The van der Waals surface area contributed by atoms with Gasteiger partial charge in [-0.3, -0.25) is 4.98 Å². The van der Waals surface area contributed by atoms with E-state index in [-0.39, 0.29) is 0 Å². The first-order valence-corrected chi connectivity index (χ1v) is 5.26. The lowest BCUT2D eigenvalue weighted by Gasteiger charge is -2.17. The van der Waals surface area contributed by atoms with Crippen molar-refractivity contribution in [3.05, 3.63) is 24.0 Å². The van der Waals surface area contributed by atoms with Crippen molar-refractivity contribution in [2.75, 3.05) is 11.9 Å². The highest BCUT2D eigenvalue weighted by Crippen LogP contribution is 2.14. The molecule has 0 aliphatic carbocycles. The molecular formula is C12H20N2. The van der Waals surface area contributed by atoms with Crippen molar-refractivity contribution in [3.63, 3.8) is 0 Å². The van der Waals surface area contributed by atoms with E-state index in [9.17, 15) is 0 Å². The molecule has 0 radical (unpaired) electrons. The largest absolute Gasteiger partial charge is 0.383 e. The van der Waals surface area contributed by atoms with E-state index in [1.54, 1.807) is 0 Å². The van der Waals surface area contributed by atoms with Gasteiger partial charge in [0.1, 0.15) is 0 Å². The van der Waals surface area contributed by atoms with Gasteiger partial charge in [-0.25, -0.2) is 0 Å². The molecule has 1 unspecified atom stereocenters. The lowest BCUT2D eigenvalue weighted by atomic mass is 9.98. The molecule has 0 spiro atoms. The fraction of sp³-hybridized carbons (Fsp3) is 0.583. The molecule has 1 atom stereocenters. The van der Waals surface area contributed by atoms with Crippen molar-refractivity contribution >= 4 is 5.69 Å². The van der Waals surface area contributed by atoms with Gasteiger partial charge in [0, 0.05) is 12.7 Å². The summed E-state index contributed by atoms with van der Waals surface area (Å²) in [5, 5.41) is 3.43. The Morgan fingerprint density at radius 1 is 1.36 bits per heavy atom. The lowest BCUT2D eigenvalue weighted by molar-refractivity contribution is 0.439. The predicted molar refractivity (Wildman–Crippen MR) is 61.5 cm³/mol. The van der Waals surface area contributed by atoms with Gasteiger partial charge in [-0.1, -0.05) is 20.8 Å². The summed E-state index contributed by atoms with van der Waals surface area (Å²) in [5.74, 6) is 1.41. The number of hydrogen-bond donors (Lipinski definition) is 1. The van der Waals surface area contributed by atoms with Crippen molar-refractivity contribution < 1.29 is 0 Å². The number of nitrogens with one attached hydrogen (secondary N) is 1. The third-order valence-electron chi connectivity index (χ3n) is 2.76. The molecule has 78 valence electrons. The molecule has 1 aromatic heterocycles. The zero-order valence-corrected chi connectivity index (χ0v) is 9.54. The highest BCUT2D eigenvalue weighted by atomic mass is 14.9. The van der Waals surface area contributed by atoms with Gasteiger partial charge >= 0.3 is 0 Å². The lowest BCUT2D eigenvalue weighted by Crippen LogP contribution is -2.16. The van der Waals surface area contributed by atoms with E-state index in [0.29, 0.717) is 5.92 Å². The SMILES string of the molecule is Cc1ncccc1NCC(C)C(C)C. The molecule has 0 bridgehead atoms. The quantitative estimate of drug-likeness (QED) is 0.793. The second kappa shape index (κ2) is 4.99. The van der Waals surface area contributed by atoms with Crippen molar-refractivity contribution in [2.24, 2.45) is 11.8 Å². The Labute approximate surface area is 86.8 Å². The summed E-state index contributed by atoms with van der Waals surface area (Å²) in [4.78, 5) is 4.24. The number of pyridine rings is 1. The molecule has 0 saturated carbocycles. The molecule has 1 N–H and O–H groups in total. The topological polar surface area (TPSA) is 24.9 Å². The third-order valence-corrected chi connectivity index (χ3v) is 2.76. The standard InChI is InChI=1S/C12H20N2/c1-9(2)10(3)8-14-12-6-5-7-13-11(12)4/h5-7,9-10,14H,8H2,1-4H3. The van der Waals surface area contributed by atoms with Crippen LogP contribution in [0, 0.1) is 18.8 Å². The van der Waals surface area contributed by atoms with Crippen LogP contribution >= 0.6 is 0 Å². The van der Waals surface area contributed by atoms with E-state index in [1.165, 1.54) is 0 Å². The molecule has 2 heteroatoms. The molecule has 0 aliphatic rings. The smallest absolute Gasteiger partial charge is 0.0603 e. The maximum absolute atomic E-state index is 4.24.